The van der Waals surface area contributed by atoms with E-state index in [2.05, 4.69) is 5.32 Å². The molecule has 3 nitrogen and oxygen atoms in total. The van der Waals surface area contributed by atoms with Crippen LogP contribution in [0.3, 0.4) is 0 Å². The number of carbonyl (C=O) groups is 1. The lowest BCUT2D eigenvalue weighted by Gasteiger charge is -2.24. The second kappa shape index (κ2) is 5.03. The number of halogens is 1. The average molecular weight is 333 g/mol. The van der Waals surface area contributed by atoms with Crippen LogP contribution in [-0.2, 0) is 0 Å². The van der Waals surface area contributed by atoms with E-state index in [0.29, 0.717) is 5.56 Å². The number of hydrogen-bond acceptors (Lipinski definition) is 2. The Morgan fingerprint density at radius 3 is 2.62 bits per heavy atom. The summed E-state index contributed by atoms with van der Waals surface area (Å²) in [6.07, 6.45) is 0.856. The fourth-order valence-corrected chi connectivity index (χ4v) is 1.46. The molecule has 0 aliphatic carbocycles. The molecule has 2 N–H and O–H groups in total. The predicted molar refractivity (Wildman–Crippen MR) is 72.7 cm³/mol. The van der Waals surface area contributed by atoms with Crippen molar-refractivity contribution in [2.45, 2.75) is 32.7 Å². The fourth-order valence-electron chi connectivity index (χ4n) is 1.12. The zero-order valence-electron chi connectivity index (χ0n) is 9.67. The standard InChI is InChI=1S/C12H16INO2/c1-4-12(2,3)14-11(16)8-5-6-9(13)10(15)7-8/h5-7,15H,4H2,1-3H3,(H,14,16). The van der Waals surface area contributed by atoms with Crippen molar-refractivity contribution in [3.8, 4) is 5.75 Å². The number of rotatable bonds is 3. The Morgan fingerprint density at radius 1 is 1.50 bits per heavy atom. The first-order chi connectivity index (χ1) is 7.35. The summed E-state index contributed by atoms with van der Waals surface area (Å²) < 4.78 is 0.740. The Labute approximate surface area is 109 Å². The molecule has 4 heteroatoms. The number of nitrogens with one attached hydrogen (secondary N) is 1. The Morgan fingerprint density at radius 2 is 2.12 bits per heavy atom. The largest absolute Gasteiger partial charge is 0.507 e. The van der Waals surface area contributed by atoms with Gasteiger partial charge in [0.15, 0.2) is 0 Å². The highest BCUT2D eigenvalue weighted by Crippen LogP contribution is 2.21. The summed E-state index contributed by atoms with van der Waals surface area (Å²) in [5.74, 6) is -0.0129. The van der Waals surface area contributed by atoms with Crippen LogP contribution >= 0.6 is 22.6 Å². The third-order valence-corrected chi connectivity index (χ3v) is 3.46. The van der Waals surface area contributed by atoms with Crippen molar-refractivity contribution < 1.29 is 9.90 Å². The number of amides is 1. The molecule has 0 atom stereocenters. The molecule has 0 saturated carbocycles. The number of benzene rings is 1. The van der Waals surface area contributed by atoms with Gasteiger partial charge in [-0.3, -0.25) is 4.79 Å². The molecule has 16 heavy (non-hydrogen) atoms. The maximum absolute atomic E-state index is 11.9. The van der Waals surface area contributed by atoms with Crippen molar-refractivity contribution >= 4 is 28.5 Å². The van der Waals surface area contributed by atoms with Crippen LogP contribution in [0.1, 0.15) is 37.6 Å². The Hall–Kier alpha value is -0.780. The average Bonchev–Trinajstić information content (AvgIpc) is 2.21. The summed E-state index contributed by atoms with van der Waals surface area (Å²) in [6, 6.07) is 4.93. The summed E-state index contributed by atoms with van der Waals surface area (Å²) in [6.45, 7) is 5.96. The van der Waals surface area contributed by atoms with Gasteiger partial charge in [-0.1, -0.05) is 6.92 Å². The lowest BCUT2D eigenvalue weighted by atomic mass is 10.0. The van der Waals surface area contributed by atoms with Crippen molar-refractivity contribution in [3.05, 3.63) is 27.3 Å². The highest BCUT2D eigenvalue weighted by molar-refractivity contribution is 14.1. The normalized spacial score (nSPS) is 11.2. The number of carbonyl (C=O) groups excluding carboxylic acids is 1. The van der Waals surface area contributed by atoms with Crippen molar-refractivity contribution in [3.63, 3.8) is 0 Å². The molecular weight excluding hydrogens is 317 g/mol. The molecule has 1 aromatic carbocycles. The Balaban J connectivity index is 2.85. The van der Waals surface area contributed by atoms with Crippen molar-refractivity contribution in [2.75, 3.05) is 0 Å². The molecule has 0 spiro atoms. The lowest BCUT2D eigenvalue weighted by Crippen LogP contribution is -2.42. The molecule has 0 fully saturated rings. The van der Waals surface area contributed by atoms with Gasteiger partial charge in [-0.25, -0.2) is 0 Å². The maximum Gasteiger partial charge on any atom is 0.251 e. The molecule has 0 aliphatic heterocycles. The number of phenolic OH excluding ortho intramolecular Hbond substituents is 1. The van der Waals surface area contributed by atoms with Gasteiger partial charge in [0.2, 0.25) is 0 Å². The van der Waals surface area contributed by atoms with Crippen LogP contribution in [0.4, 0.5) is 0 Å². The van der Waals surface area contributed by atoms with Gasteiger partial charge < -0.3 is 10.4 Å². The summed E-state index contributed by atoms with van der Waals surface area (Å²) in [5, 5.41) is 12.4. The summed E-state index contributed by atoms with van der Waals surface area (Å²) in [5.41, 5.74) is 0.259. The van der Waals surface area contributed by atoms with Crippen molar-refractivity contribution in [1.82, 2.24) is 5.32 Å². The number of hydrogen-bond donors (Lipinski definition) is 2. The summed E-state index contributed by atoms with van der Waals surface area (Å²) in [4.78, 5) is 11.9. The van der Waals surface area contributed by atoms with E-state index in [4.69, 9.17) is 0 Å². The molecule has 0 aromatic heterocycles. The van der Waals surface area contributed by atoms with E-state index in [1.807, 2.05) is 43.4 Å². The molecule has 0 aliphatic rings. The molecular formula is C12H16INO2. The first kappa shape index (κ1) is 13.3. The highest BCUT2D eigenvalue weighted by Gasteiger charge is 2.19. The maximum atomic E-state index is 11.9. The molecule has 0 unspecified atom stereocenters. The van der Waals surface area contributed by atoms with E-state index in [9.17, 15) is 9.90 Å². The Bertz CT molecular complexity index is 402. The van der Waals surface area contributed by atoms with E-state index in [0.717, 1.165) is 9.99 Å². The van der Waals surface area contributed by atoms with E-state index in [1.165, 1.54) is 6.07 Å². The summed E-state index contributed by atoms with van der Waals surface area (Å²) in [7, 11) is 0. The van der Waals surface area contributed by atoms with Gasteiger partial charge in [0.1, 0.15) is 5.75 Å². The molecule has 1 amide bonds. The van der Waals surface area contributed by atoms with Gasteiger partial charge in [-0.15, -0.1) is 0 Å². The third kappa shape index (κ3) is 3.37. The SMILES string of the molecule is CCC(C)(C)NC(=O)c1ccc(I)c(O)c1. The zero-order chi connectivity index (χ0) is 12.3. The van der Waals surface area contributed by atoms with Crippen LogP contribution in [0.5, 0.6) is 5.75 Å². The first-order valence-corrected chi connectivity index (χ1v) is 6.24. The smallest absolute Gasteiger partial charge is 0.251 e. The van der Waals surface area contributed by atoms with Crippen LogP contribution in [0.15, 0.2) is 18.2 Å². The molecule has 1 rings (SSSR count). The number of phenols is 1. The van der Waals surface area contributed by atoms with E-state index < -0.39 is 0 Å². The molecule has 88 valence electrons. The molecule has 0 radical (unpaired) electrons. The Kier molecular flexibility index (Phi) is 4.18. The van der Waals surface area contributed by atoms with Crippen LogP contribution in [-0.4, -0.2) is 16.6 Å². The lowest BCUT2D eigenvalue weighted by molar-refractivity contribution is 0.0911. The van der Waals surface area contributed by atoms with Crippen LogP contribution in [0, 0.1) is 3.57 Å². The second-order valence-corrected chi connectivity index (χ2v) is 5.52. The fraction of sp³-hybridized carbons (Fsp3) is 0.417. The van der Waals surface area contributed by atoms with Crippen LogP contribution in [0.2, 0.25) is 0 Å². The van der Waals surface area contributed by atoms with Gasteiger partial charge in [-0.05, 0) is 61.1 Å². The van der Waals surface area contributed by atoms with Gasteiger partial charge >= 0.3 is 0 Å². The van der Waals surface area contributed by atoms with E-state index >= 15 is 0 Å². The van der Waals surface area contributed by atoms with Gasteiger partial charge in [-0.2, -0.15) is 0 Å². The van der Waals surface area contributed by atoms with Crippen molar-refractivity contribution in [2.24, 2.45) is 0 Å². The van der Waals surface area contributed by atoms with E-state index in [1.54, 1.807) is 12.1 Å². The molecule has 0 saturated heterocycles. The van der Waals surface area contributed by atoms with E-state index in [-0.39, 0.29) is 17.2 Å². The predicted octanol–water partition coefficient (Wildman–Crippen LogP) is 2.92. The van der Waals surface area contributed by atoms with Crippen LogP contribution in [0.25, 0.3) is 0 Å². The zero-order valence-corrected chi connectivity index (χ0v) is 11.8. The van der Waals surface area contributed by atoms with Gasteiger partial charge in [0.25, 0.3) is 5.91 Å². The first-order valence-electron chi connectivity index (χ1n) is 5.17. The highest BCUT2D eigenvalue weighted by atomic mass is 127. The van der Waals surface area contributed by atoms with Gasteiger partial charge in [0.05, 0.1) is 3.57 Å². The van der Waals surface area contributed by atoms with Gasteiger partial charge in [0, 0.05) is 11.1 Å². The molecule has 0 heterocycles. The third-order valence-electron chi connectivity index (χ3n) is 2.54. The molecule has 0 bridgehead atoms. The second-order valence-electron chi connectivity index (χ2n) is 4.36. The topological polar surface area (TPSA) is 49.3 Å². The quantitative estimate of drug-likeness (QED) is 0.836. The molecule has 1 aromatic rings. The number of aromatic hydroxyl groups is 1. The van der Waals surface area contributed by atoms with Crippen LogP contribution < -0.4 is 5.32 Å². The van der Waals surface area contributed by atoms with Crippen molar-refractivity contribution in [1.29, 1.82) is 0 Å². The minimum Gasteiger partial charge on any atom is -0.507 e. The summed E-state index contributed by atoms with van der Waals surface area (Å²) >= 11 is 2.02. The minimum atomic E-state index is -0.226. The minimum absolute atomic E-state index is 0.141. The monoisotopic (exact) mass is 333 g/mol.